The summed E-state index contributed by atoms with van der Waals surface area (Å²) in [6.45, 7) is 3.44. The van der Waals surface area contributed by atoms with Crippen molar-refractivity contribution in [3.63, 3.8) is 0 Å². The number of para-hydroxylation sites is 1. The first-order chi connectivity index (χ1) is 23.1. The van der Waals surface area contributed by atoms with Gasteiger partial charge in [0.15, 0.2) is 11.5 Å². The number of rotatable bonds is 13. The molecule has 0 fully saturated rings. The Balaban J connectivity index is 1.38. The second-order valence-electron chi connectivity index (χ2n) is 10.6. The number of sulfonamides is 1. The zero-order valence-electron chi connectivity index (χ0n) is 26.5. The fourth-order valence-corrected chi connectivity index (χ4v) is 6.68. The minimum absolute atomic E-state index is 0.0728. The van der Waals surface area contributed by atoms with Gasteiger partial charge in [-0.2, -0.15) is 5.10 Å². The summed E-state index contributed by atoms with van der Waals surface area (Å²) >= 11 is 6.08. The van der Waals surface area contributed by atoms with Gasteiger partial charge in [-0.05, 0) is 79.6 Å². The van der Waals surface area contributed by atoms with Crippen molar-refractivity contribution in [2.75, 3.05) is 17.5 Å². The number of anilines is 1. The Morgan fingerprint density at radius 1 is 0.938 bits per heavy atom. The summed E-state index contributed by atoms with van der Waals surface area (Å²) in [4.78, 5) is 27.0. The lowest BCUT2D eigenvalue weighted by Crippen LogP contribution is -2.42. The predicted molar refractivity (Wildman–Crippen MR) is 186 cm³/mol. The monoisotopic (exact) mass is 687 g/mol. The Morgan fingerprint density at radius 2 is 1.65 bits per heavy atom. The average Bonchev–Trinajstić information content (AvgIpc) is 3.30. The molecule has 48 heavy (non-hydrogen) atoms. The minimum atomic E-state index is -4.35. The summed E-state index contributed by atoms with van der Waals surface area (Å²) in [6, 6.07) is 29.0. The fraction of sp³-hybridized carbons (Fsp3) is 0.171. The van der Waals surface area contributed by atoms with Gasteiger partial charge in [-0.1, -0.05) is 60.1 Å². The third-order valence-electron chi connectivity index (χ3n) is 7.35. The Labute approximate surface area is 283 Å². The molecule has 0 saturated heterocycles. The van der Waals surface area contributed by atoms with E-state index in [0.717, 1.165) is 9.87 Å². The van der Waals surface area contributed by atoms with Crippen LogP contribution in [0.5, 0.6) is 11.5 Å². The molecule has 1 heterocycles. The first-order valence-corrected chi connectivity index (χ1v) is 16.8. The van der Waals surface area contributed by atoms with E-state index in [1.165, 1.54) is 23.0 Å². The molecule has 0 atom stereocenters. The van der Waals surface area contributed by atoms with Crippen LogP contribution in [0.15, 0.2) is 118 Å². The van der Waals surface area contributed by atoms with Crippen molar-refractivity contribution in [2.45, 2.75) is 25.3 Å². The molecule has 0 aliphatic rings. The van der Waals surface area contributed by atoms with E-state index in [4.69, 9.17) is 21.1 Å². The highest BCUT2D eigenvalue weighted by molar-refractivity contribution is 7.92. The SMILES string of the molecule is CCOc1cc(/C=N\NC(=O)CN(c2c(C)n(C)n(-c3ccccc3)c2=O)S(=O)(=O)c2ccccc2)ccc1OCc1cccc(Cl)c1. The Hall–Kier alpha value is -5.33. The molecular weight excluding hydrogens is 654 g/mol. The van der Waals surface area contributed by atoms with Gasteiger partial charge in [0, 0.05) is 12.1 Å². The number of carbonyl (C=O) groups is 1. The second-order valence-corrected chi connectivity index (χ2v) is 12.9. The third kappa shape index (κ3) is 7.62. The van der Waals surface area contributed by atoms with Gasteiger partial charge >= 0.3 is 0 Å². The van der Waals surface area contributed by atoms with Crippen LogP contribution in [0.4, 0.5) is 5.69 Å². The van der Waals surface area contributed by atoms with Crippen molar-refractivity contribution in [3.8, 4) is 17.2 Å². The van der Waals surface area contributed by atoms with Crippen LogP contribution in [0.1, 0.15) is 23.7 Å². The van der Waals surface area contributed by atoms with Crippen LogP contribution >= 0.6 is 11.6 Å². The van der Waals surface area contributed by atoms with E-state index in [1.807, 2.05) is 31.2 Å². The van der Waals surface area contributed by atoms with Crippen LogP contribution in [-0.2, 0) is 28.5 Å². The highest BCUT2D eigenvalue weighted by atomic mass is 35.5. The molecule has 248 valence electrons. The van der Waals surface area contributed by atoms with E-state index in [9.17, 15) is 18.0 Å². The molecule has 0 spiro atoms. The van der Waals surface area contributed by atoms with Crippen LogP contribution in [0.2, 0.25) is 5.02 Å². The maximum Gasteiger partial charge on any atom is 0.296 e. The second kappa shape index (κ2) is 15.1. The van der Waals surface area contributed by atoms with E-state index in [0.29, 0.717) is 40.1 Å². The van der Waals surface area contributed by atoms with Crippen molar-refractivity contribution in [1.82, 2.24) is 14.8 Å². The van der Waals surface area contributed by atoms with Crippen LogP contribution in [0.3, 0.4) is 0 Å². The molecule has 4 aromatic carbocycles. The Bertz CT molecular complexity index is 2100. The van der Waals surface area contributed by atoms with Crippen LogP contribution in [-0.4, -0.2) is 43.1 Å². The molecule has 0 aliphatic carbocycles. The number of ether oxygens (including phenoxy) is 2. The van der Waals surface area contributed by atoms with Crippen molar-refractivity contribution >= 4 is 39.4 Å². The highest BCUT2D eigenvalue weighted by Gasteiger charge is 2.33. The van der Waals surface area contributed by atoms with Gasteiger partial charge in [-0.3, -0.25) is 14.3 Å². The number of hydrogen-bond donors (Lipinski definition) is 1. The number of hydrogen-bond acceptors (Lipinski definition) is 7. The summed E-state index contributed by atoms with van der Waals surface area (Å²) < 4.78 is 43.3. The van der Waals surface area contributed by atoms with E-state index in [-0.39, 0.29) is 17.2 Å². The van der Waals surface area contributed by atoms with Crippen molar-refractivity contribution < 1.29 is 22.7 Å². The number of benzene rings is 4. The quantitative estimate of drug-likeness (QED) is 0.130. The van der Waals surface area contributed by atoms with Gasteiger partial charge in [-0.25, -0.2) is 22.8 Å². The summed E-state index contributed by atoms with van der Waals surface area (Å²) in [7, 11) is -2.70. The fourth-order valence-electron chi connectivity index (χ4n) is 4.97. The van der Waals surface area contributed by atoms with E-state index in [1.54, 1.807) is 85.4 Å². The lowest BCUT2D eigenvalue weighted by molar-refractivity contribution is -0.119. The van der Waals surface area contributed by atoms with Crippen LogP contribution in [0, 0.1) is 6.92 Å². The largest absolute Gasteiger partial charge is 0.490 e. The maximum atomic E-state index is 13.9. The van der Waals surface area contributed by atoms with Gasteiger partial charge in [0.1, 0.15) is 18.8 Å². The third-order valence-corrected chi connectivity index (χ3v) is 9.34. The molecule has 0 bridgehead atoms. The molecule has 1 N–H and O–H groups in total. The lowest BCUT2D eigenvalue weighted by atomic mass is 10.2. The van der Waals surface area contributed by atoms with Crippen molar-refractivity contribution in [3.05, 3.63) is 135 Å². The average molecular weight is 688 g/mol. The van der Waals surface area contributed by atoms with E-state index < -0.39 is 28.0 Å². The summed E-state index contributed by atoms with van der Waals surface area (Å²) in [5.41, 5.74) is 4.01. The van der Waals surface area contributed by atoms with E-state index >= 15 is 0 Å². The van der Waals surface area contributed by atoms with Gasteiger partial charge in [0.25, 0.3) is 21.5 Å². The van der Waals surface area contributed by atoms with Gasteiger partial charge in [-0.15, -0.1) is 0 Å². The highest BCUT2D eigenvalue weighted by Crippen LogP contribution is 2.29. The maximum absolute atomic E-state index is 13.9. The van der Waals surface area contributed by atoms with Crippen LogP contribution < -0.4 is 24.8 Å². The zero-order valence-corrected chi connectivity index (χ0v) is 28.1. The smallest absolute Gasteiger partial charge is 0.296 e. The normalized spacial score (nSPS) is 11.4. The molecule has 5 rings (SSSR count). The van der Waals surface area contributed by atoms with Gasteiger partial charge in [0.2, 0.25) is 0 Å². The first kappa shape index (κ1) is 34.0. The topological polar surface area (TPSA) is 124 Å². The number of aromatic nitrogens is 2. The molecule has 0 aliphatic heterocycles. The molecule has 13 heteroatoms. The summed E-state index contributed by atoms with van der Waals surface area (Å²) in [5.74, 6) is 0.231. The number of hydrazone groups is 1. The number of nitrogens with zero attached hydrogens (tertiary/aromatic N) is 4. The van der Waals surface area contributed by atoms with Gasteiger partial charge < -0.3 is 9.47 Å². The molecular formula is C35H34ClN5O6S. The molecule has 0 radical (unpaired) electrons. The summed E-state index contributed by atoms with van der Waals surface area (Å²) in [6.07, 6.45) is 1.40. The van der Waals surface area contributed by atoms with E-state index in [2.05, 4.69) is 10.5 Å². The summed E-state index contributed by atoms with van der Waals surface area (Å²) in [5, 5.41) is 4.66. The minimum Gasteiger partial charge on any atom is -0.490 e. The van der Waals surface area contributed by atoms with Gasteiger partial charge in [0.05, 0.1) is 29.1 Å². The Kier molecular flexibility index (Phi) is 10.7. The number of carbonyl (C=O) groups excluding carboxylic acids is 1. The molecule has 11 nitrogen and oxygen atoms in total. The number of amides is 1. The van der Waals surface area contributed by atoms with Crippen molar-refractivity contribution in [2.24, 2.45) is 12.1 Å². The molecule has 1 aromatic heterocycles. The lowest BCUT2D eigenvalue weighted by Gasteiger charge is -2.22. The standard InChI is InChI=1S/C35H34ClN5O6S/c1-4-46-32-21-26(18-19-31(32)47-24-27-12-11-13-28(36)20-27)22-37-38-33(42)23-40(48(44,45)30-16-9-6-10-17-30)34-25(2)39(3)41(35(34)43)29-14-7-5-8-15-29/h5-22H,4,23-24H2,1-3H3,(H,38,42)/b37-22-. The zero-order chi connectivity index (χ0) is 34.3. The van der Waals surface area contributed by atoms with Crippen molar-refractivity contribution in [1.29, 1.82) is 0 Å². The number of halogens is 1. The first-order valence-electron chi connectivity index (χ1n) is 15.0. The van der Waals surface area contributed by atoms with Crippen LogP contribution in [0.25, 0.3) is 5.69 Å². The molecule has 1 amide bonds. The predicted octanol–water partition coefficient (Wildman–Crippen LogP) is 5.46. The molecule has 0 unspecified atom stereocenters. The number of nitrogens with one attached hydrogen (secondary N) is 1. The molecule has 5 aromatic rings. The molecule has 0 saturated carbocycles. The Morgan fingerprint density at radius 3 is 2.33 bits per heavy atom.